The zero-order valence-corrected chi connectivity index (χ0v) is 12.9. The van der Waals surface area contributed by atoms with E-state index in [0.29, 0.717) is 26.2 Å². The van der Waals surface area contributed by atoms with Gasteiger partial charge in [-0.25, -0.2) is 0 Å². The maximum Gasteiger partial charge on any atom is 0.238 e. The minimum absolute atomic E-state index is 0.00611. The molecule has 1 heterocycles. The predicted octanol–water partition coefficient (Wildman–Crippen LogP) is 1.70. The Morgan fingerprint density at radius 2 is 1.59 bits per heavy atom. The number of hydrogen-bond donors (Lipinski definition) is 2. The molecule has 0 aliphatic carbocycles. The van der Waals surface area contributed by atoms with Gasteiger partial charge in [0.05, 0.1) is 19.8 Å². The number of carbonyl (C=O) groups excluding carboxylic acids is 2. The third-order valence-electron chi connectivity index (χ3n) is 3.40. The van der Waals surface area contributed by atoms with Gasteiger partial charge in [0.2, 0.25) is 11.8 Å². The third kappa shape index (κ3) is 5.46. The monoisotopic (exact) mass is 305 g/mol. The molecule has 2 N–H and O–H groups in total. The van der Waals surface area contributed by atoms with Gasteiger partial charge in [0.15, 0.2) is 0 Å². The molecule has 120 valence electrons. The average molecular weight is 305 g/mol. The van der Waals surface area contributed by atoms with Crippen molar-refractivity contribution in [3.8, 4) is 0 Å². The van der Waals surface area contributed by atoms with E-state index in [1.54, 1.807) is 24.3 Å². The number of amides is 2. The van der Waals surface area contributed by atoms with Gasteiger partial charge in [-0.3, -0.25) is 14.5 Å². The summed E-state index contributed by atoms with van der Waals surface area (Å²) in [5, 5.41) is 5.68. The van der Waals surface area contributed by atoms with E-state index in [4.69, 9.17) is 4.74 Å². The van der Waals surface area contributed by atoms with Gasteiger partial charge in [-0.1, -0.05) is 6.92 Å². The molecule has 0 radical (unpaired) electrons. The largest absolute Gasteiger partial charge is 0.379 e. The van der Waals surface area contributed by atoms with Crippen LogP contribution < -0.4 is 10.6 Å². The number of ether oxygens (including phenoxy) is 1. The number of nitrogens with zero attached hydrogens (tertiary/aromatic N) is 1. The quantitative estimate of drug-likeness (QED) is 0.839. The minimum atomic E-state index is -0.0373. The summed E-state index contributed by atoms with van der Waals surface area (Å²) in [7, 11) is 0. The number of anilines is 2. The van der Waals surface area contributed by atoms with Gasteiger partial charge < -0.3 is 15.4 Å². The smallest absolute Gasteiger partial charge is 0.238 e. The second-order valence-corrected chi connectivity index (χ2v) is 5.31. The van der Waals surface area contributed by atoms with Crippen LogP contribution in [0.3, 0.4) is 0 Å². The number of carbonyl (C=O) groups is 2. The van der Waals surface area contributed by atoms with E-state index in [1.165, 1.54) is 0 Å². The Morgan fingerprint density at radius 3 is 2.14 bits per heavy atom. The van der Waals surface area contributed by atoms with Crippen LogP contribution in [0.4, 0.5) is 11.4 Å². The van der Waals surface area contributed by atoms with E-state index in [1.807, 2.05) is 6.92 Å². The van der Waals surface area contributed by atoms with Crippen LogP contribution in [0.1, 0.15) is 19.8 Å². The highest BCUT2D eigenvalue weighted by Crippen LogP contribution is 2.14. The maximum absolute atomic E-state index is 12.0. The molecule has 0 aromatic heterocycles. The molecule has 22 heavy (non-hydrogen) atoms. The number of hydrogen-bond acceptors (Lipinski definition) is 4. The van der Waals surface area contributed by atoms with Crippen molar-refractivity contribution in [3.05, 3.63) is 24.3 Å². The molecular weight excluding hydrogens is 282 g/mol. The molecule has 0 bridgehead atoms. The van der Waals surface area contributed by atoms with Crippen molar-refractivity contribution in [1.29, 1.82) is 0 Å². The molecule has 6 heteroatoms. The Labute approximate surface area is 130 Å². The molecule has 2 rings (SSSR count). The van der Waals surface area contributed by atoms with E-state index >= 15 is 0 Å². The van der Waals surface area contributed by atoms with Gasteiger partial charge in [0, 0.05) is 30.9 Å². The standard InChI is InChI=1S/C16H23N3O3/c1-2-3-15(20)17-13-4-6-14(7-5-13)18-16(21)12-19-8-10-22-11-9-19/h4-7H,2-3,8-12H2,1H3,(H,17,20)(H,18,21). The first kappa shape index (κ1) is 16.5. The normalized spacial score (nSPS) is 15.3. The number of rotatable bonds is 6. The van der Waals surface area contributed by atoms with Crippen molar-refractivity contribution in [2.75, 3.05) is 43.5 Å². The van der Waals surface area contributed by atoms with Gasteiger partial charge in [-0.2, -0.15) is 0 Å². The first-order valence-corrected chi connectivity index (χ1v) is 7.67. The predicted molar refractivity (Wildman–Crippen MR) is 85.9 cm³/mol. The van der Waals surface area contributed by atoms with E-state index in [0.717, 1.165) is 30.9 Å². The summed E-state index contributed by atoms with van der Waals surface area (Å²) in [4.78, 5) is 25.5. The highest BCUT2D eigenvalue weighted by atomic mass is 16.5. The lowest BCUT2D eigenvalue weighted by molar-refractivity contribution is -0.118. The molecule has 0 atom stereocenters. The van der Waals surface area contributed by atoms with Crippen LogP contribution in [-0.2, 0) is 14.3 Å². The van der Waals surface area contributed by atoms with Gasteiger partial charge in [0.1, 0.15) is 0 Å². The molecule has 1 aromatic rings. The number of benzene rings is 1. The maximum atomic E-state index is 12.0. The molecule has 0 saturated carbocycles. The fourth-order valence-corrected chi connectivity index (χ4v) is 2.25. The van der Waals surface area contributed by atoms with Crippen molar-refractivity contribution in [2.24, 2.45) is 0 Å². The molecule has 1 aliphatic heterocycles. The van der Waals surface area contributed by atoms with Gasteiger partial charge in [0.25, 0.3) is 0 Å². The lowest BCUT2D eigenvalue weighted by atomic mass is 10.2. The summed E-state index contributed by atoms with van der Waals surface area (Å²) >= 11 is 0. The number of morpholine rings is 1. The van der Waals surface area contributed by atoms with Crippen LogP contribution in [0.25, 0.3) is 0 Å². The Hall–Kier alpha value is -1.92. The Bertz CT molecular complexity index is 496. The molecule has 1 aliphatic rings. The summed E-state index contributed by atoms with van der Waals surface area (Å²) in [5.41, 5.74) is 1.47. The van der Waals surface area contributed by atoms with Crippen molar-refractivity contribution in [3.63, 3.8) is 0 Å². The summed E-state index contributed by atoms with van der Waals surface area (Å²) in [5.74, 6) is -0.0312. The molecule has 1 aromatic carbocycles. The zero-order chi connectivity index (χ0) is 15.8. The molecule has 1 saturated heterocycles. The molecule has 1 fully saturated rings. The lowest BCUT2D eigenvalue weighted by Crippen LogP contribution is -2.41. The molecular formula is C16H23N3O3. The molecule has 0 spiro atoms. The highest BCUT2D eigenvalue weighted by Gasteiger charge is 2.14. The average Bonchev–Trinajstić information content (AvgIpc) is 2.50. The summed E-state index contributed by atoms with van der Waals surface area (Å²) in [6.45, 7) is 5.27. The SMILES string of the molecule is CCCC(=O)Nc1ccc(NC(=O)CN2CCOCC2)cc1. The fraction of sp³-hybridized carbons (Fsp3) is 0.500. The lowest BCUT2D eigenvalue weighted by Gasteiger charge is -2.25. The first-order chi connectivity index (χ1) is 10.7. The van der Waals surface area contributed by atoms with Crippen LogP contribution >= 0.6 is 0 Å². The van der Waals surface area contributed by atoms with Crippen LogP contribution in [-0.4, -0.2) is 49.6 Å². The Kier molecular flexibility index (Phi) is 6.36. The van der Waals surface area contributed by atoms with Crippen molar-refractivity contribution in [1.82, 2.24) is 4.90 Å². The molecule has 0 unspecified atom stereocenters. The second kappa shape index (κ2) is 8.51. The summed E-state index contributed by atoms with van der Waals surface area (Å²) in [6.07, 6.45) is 1.33. The van der Waals surface area contributed by atoms with Crippen molar-refractivity contribution in [2.45, 2.75) is 19.8 Å². The van der Waals surface area contributed by atoms with E-state index in [-0.39, 0.29) is 11.8 Å². The van der Waals surface area contributed by atoms with Crippen LogP contribution in [0.2, 0.25) is 0 Å². The van der Waals surface area contributed by atoms with E-state index < -0.39 is 0 Å². The van der Waals surface area contributed by atoms with Gasteiger partial charge in [-0.05, 0) is 30.7 Å². The Balaban J connectivity index is 1.80. The zero-order valence-electron chi connectivity index (χ0n) is 12.9. The molecule has 6 nitrogen and oxygen atoms in total. The number of nitrogens with one attached hydrogen (secondary N) is 2. The van der Waals surface area contributed by atoms with E-state index in [2.05, 4.69) is 15.5 Å². The van der Waals surface area contributed by atoms with Gasteiger partial charge in [-0.15, -0.1) is 0 Å². The van der Waals surface area contributed by atoms with Gasteiger partial charge >= 0.3 is 0 Å². The summed E-state index contributed by atoms with van der Waals surface area (Å²) in [6, 6.07) is 7.16. The molecule has 2 amide bonds. The first-order valence-electron chi connectivity index (χ1n) is 7.67. The third-order valence-corrected chi connectivity index (χ3v) is 3.40. The highest BCUT2D eigenvalue weighted by molar-refractivity contribution is 5.93. The topological polar surface area (TPSA) is 70.7 Å². The minimum Gasteiger partial charge on any atom is -0.379 e. The van der Waals surface area contributed by atoms with Crippen molar-refractivity contribution < 1.29 is 14.3 Å². The fourth-order valence-electron chi connectivity index (χ4n) is 2.25. The van der Waals surface area contributed by atoms with Crippen molar-refractivity contribution >= 4 is 23.2 Å². The summed E-state index contributed by atoms with van der Waals surface area (Å²) < 4.78 is 5.25. The van der Waals surface area contributed by atoms with Crippen LogP contribution in [0, 0.1) is 0 Å². The second-order valence-electron chi connectivity index (χ2n) is 5.31. The van der Waals surface area contributed by atoms with Crippen LogP contribution in [0.15, 0.2) is 24.3 Å². The Morgan fingerprint density at radius 1 is 1.05 bits per heavy atom. The van der Waals surface area contributed by atoms with E-state index in [9.17, 15) is 9.59 Å². The van der Waals surface area contributed by atoms with Crippen LogP contribution in [0.5, 0.6) is 0 Å².